The minimum absolute atomic E-state index is 0.0563. The molecule has 0 amide bonds. The van der Waals surface area contributed by atoms with Crippen LogP contribution >= 0.6 is 0 Å². The van der Waals surface area contributed by atoms with Crippen LogP contribution in [0.15, 0.2) is 30.6 Å². The molecule has 0 aliphatic rings. The molecular formula is C14H20N4O. The van der Waals surface area contributed by atoms with Crippen LogP contribution in [0.1, 0.15) is 44.2 Å². The molecule has 0 radical (unpaired) electrons. The highest BCUT2D eigenvalue weighted by Crippen LogP contribution is 2.24. The van der Waals surface area contributed by atoms with E-state index in [1.165, 1.54) is 0 Å². The van der Waals surface area contributed by atoms with Crippen molar-refractivity contribution < 1.29 is 4.74 Å². The summed E-state index contributed by atoms with van der Waals surface area (Å²) in [7, 11) is 0. The Morgan fingerprint density at radius 1 is 1.26 bits per heavy atom. The van der Waals surface area contributed by atoms with E-state index >= 15 is 0 Å². The van der Waals surface area contributed by atoms with Gasteiger partial charge in [0.1, 0.15) is 18.7 Å². The zero-order valence-corrected chi connectivity index (χ0v) is 11.6. The van der Waals surface area contributed by atoms with Crippen molar-refractivity contribution >= 4 is 0 Å². The van der Waals surface area contributed by atoms with E-state index < -0.39 is 0 Å². The third kappa shape index (κ3) is 3.12. The van der Waals surface area contributed by atoms with Gasteiger partial charge < -0.3 is 10.5 Å². The first-order valence-corrected chi connectivity index (χ1v) is 6.45. The molecule has 2 rings (SSSR count). The fourth-order valence-corrected chi connectivity index (χ4v) is 1.94. The number of rotatable bonds is 5. The number of aromatic nitrogens is 3. The normalized spacial score (nSPS) is 12.7. The van der Waals surface area contributed by atoms with E-state index in [0.717, 1.165) is 17.1 Å². The minimum atomic E-state index is -0.0563. The summed E-state index contributed by atoms with van der Waals surface area (Å²) >= 11 is 0. The predicted octanol–water partition coefficient (Wildman–Crippen LogP) is 2.46. The van der Waals surface area contributed by atoms with Gasteiger partial charge in [0.25, 0.3) is 0 Å². The van der Waals surface area contributed by atoms with Crippen molar-refractivity contribution in [2.45, 2.75) is 39.5 Å². The van der Waals surface area contributed by atoms with Gasteiger partial charge in [0.05, 0.1) is 0 Å². The number of nitrogens with two attached hydrogens (primary N) is 1. The average Bonchev–Trinajstić information content (AvgIpc) is 2.85. The molecule has 0 unspecified atom stereocenters. The van der Waals surface area contributed by atoms with Crippen molar-refractivity contribution in [3.05, 3.63) is 42.0 Å². The lowest BCUT2D eigenvalue weighted by atomic mass is 10.1. The molecule has 102 valence electrons. The summed E-state index contributed by atoms with van der Waals surface area (Å²) in [5, 5.41) is 4.19. The van der Waals surface area contributed by atoms with Crippen molar-refractivity contribution in [1.29, 1.82) is 0 Å². The van der Waals surface area contributed by atoms with Crippen molar-refractivity contribution in [1.82, 2.24) is 14.8 Å². The number of benzene rings is 1. The van der Waals surface area contributed by atoms with Crippen LogP contribution in [0, 0.1) is 0 Å². The molecule has 1 aromatic heterocycles. The minimum Gasteiger partial charge on any atom is -0.485 e. The highest BCUT2D eigenvalue weighted by atomic mass is 16.5. The largest absolute Gasteiger partial charge is 0.485 e. The molecule has 0 saturated heterocycles. The van der Waals surface area contributed by atoms with E-state index in [0.29, 0.717) is 6.61 Å². The smallest absolute Gasteiger partial charge is 0.165 e. The Morgan fingerprint density at radius 2 is 2.00 bits per heavy atom. The molecule has 5 nitrogen and oxygen atoms in total. The fourth-order valence-electron chi connectivity index (χ4n) is 1.94. The van der Waals surface area contributed by atoms with Crippen LogP contribution in [-0.4, -0.2) is 14.8 Å². The summed E-state index contributed by atoms with van der Waals surface area (Å²) in [6.07, 6.45) is 1.55. The van der Waals surface area contributed by atoms with Gasteiger partial charge in [0, 0.05) is 17.6 Å². The molecule has 19 heavy (non-hydrogen) atoms. The maximum Gasteiger partial charge on any atom is 0.165 e. The lowest BCUT2D eigenvalue weighted by Crippen LogP contribution is -2.12. The summed E-state index contributed by atoms with van der Waals surface area (Å²) in [5.74, 6) is 1.62. The molecule has 0 saturated carbocycles. The van der Waals surface area contributed by atoms with Crippen LogP contribution in [0.5, 0.6) is 5.75 Å². The van der Waals surface area contributed by atoms with Gasteiger partial charge in [-0.2, -0.15) is 5.10 Å². The number of nitrogens with zero attached hydrogens (tertiary/aromatic N) is 3. The van der Waals surface area contributed by atoms with Crippen molar-refractivity contribution in [2.75, 3.05) is 0 Å². The lowest BCUT2D eigenvalue weighted by Gasteiger charge is -2.14. The molecule has 0 spiro atoms. The first kappa shape index (κ1) is 13.5. The summed E-state index contributed by atoms with van der Waals surface area (Å²) in [6, 6.07) is 8.02. The van der Waals surface area contributed by atoms with Gasteiger partial charge in [0.15, 0.2) is 5.82 Å². The summed E-state index contributed by atoms with van der Waals surface area (Å²) < 4.78 is 7.69. The number of hydrogen-bond acceptors (Lipinski definition) is 4. The Labute approximate surface area is 113 Å². The molecule has 0 aliphatic heterocycles. The van der Waals surface area contributed by atoms with Crippen LogP contribution < -0.4 is 10.5 Å². The van der Waals surface area contributed by atoms with Crippen molar-refractivity contribution in [2.24, 2.45) is 5.73 Å². The molecule has 2 aromatic rings. The quantitative estimate of drug-likeness (QED) is 0.896. The molecule has 0 bridgehead atoms. The van der Waals surface area contributed by atoms with Gasteiger partial charge in [-0.15, -0.1) is 0 Å². The van der Waals surface area contributed by atoms with Crippen LogP contribution in [0.25, 0.3) is 0 Å². The Kier molecular flexibility index (Phi) is 4.16. The highest BCUT2D eigenvalue weighted by Gasteiger charge is 2.11. The maximum absolute atomic E-state index is 5.93. The monoisotopic (exact) mass is 260 g/mol. The molecule has 5 heteroatoms. The number of ether oxygens (including phenoxy) is 1. The molecule has 1 heterocycles. The van der Waals surface area contributed by atoms with Gasteiger partial charge in [-0.05, 0) is 26.8 Å². The second-order valence-electron chi connectivity index (χ2n) is 4.83. The predicted molar refractivity (Wildman–Crippen MR) is 73.8 cm³/mol. The Balaban J connectivity index is 2.13. The third-order valence-corrected chi connectivity index (χ3v) is 2.90. The topological polar surface area (TPSA) is 66.0 Å². The summed E-state index contributed by atoms with van der Waals surface area (Å²) in [6.45, 7) is 6.46. The van der Waals surface area contributed by atoms with E-state index in [1.54, 1.807) is 6.33 Å². The van der Waals surface area contributed by atoms with Gasteiger partial charge in [-0.25, -0.2) is 9.67 Å². The van der Waals surface area contributed by atoms with Crippen LogP contribution in [0.3, 0.4) is 0 Å². The van der Waals surface area contributed by atoms with E-state index in [2.05, 4.69) is 23.9 Å². The number of para-hydroxylation sites is 1. The molecule has 2 N–H and O–H groups in total. The third-order valence-electron chi connectivity index (χ3n) is 2.90. The first-order valence-electron chi connectivity index (χ1n) is 6.45. The molecule has 0 fully saturated rings. The zero-order valence-electron chi connectivity index (χ0n) is 11.6. The average molecular weight is 260 g/mol. The van der Waals surface area contributed by atoms with E-state index in [9.17, 15) is 0 Å². The fraction of sp³-hybridized carbons (Fsp3) is 0.429. The van der Waals surface area contributed by atoms with E-state index in [4.69, 9.17) is 10.5 Å². The first-order chi connectivity index (χ1) is 9.09. The number of hydrogen-bond donors (Lipinski definition) is 1. The van der Waals surface area contributed by atoms with Gasteiger partial charge in [0.2, 0.25) is 0 Å². The Hall–Kier alpha value is -1.88. The van der Waals surface area contributed by atoms with Gasteiger partial charge >= 0.3 is 0 Å². The highest BCUT2D eigenvalue weighted by molar-refractivity contribution is 5.35. The van der Waals surface area contributed by atoms with E-state index in [-0.39, 0.29) is 12.1 Å². The molecule has 1 aromatic carbocycles. The van der Waals surface area contributed by atoms with Crippen LogP contribution in [-0.2, 0) is 6.61 Å². The van der Waals surface area contributed by atoms with E-state index in [1.807, 2.05) is 35.9 Å². The summed E-state index contributed by atoms with van der Waals surface area (Å²) in [5.41, 5.74) is 6.93. The SMILES string of the molecule is CC(C)n1ncnc1COc1ccccc1[C@@H](C)N. The second kappa shape index (κ2) is 5.84. The summed E-state index contributed by atoms with van der Waals surface area (Å²) in [4.78, 5) is 4.22. The standard InChI is InChI=1S/C14H20N4O/c1-10(2)18-14(16-9-17-18)8-19-13-7-5-4-6-12(13)11(3)15/h4-7,9-11H,8,15H2,1-3H3/t11-/m1/s1. The Morgan fingerprint density at radius 3 is 2.68 bits per heavy atom. The molecular weight excluding hydrogens is 240 g/mol. The lowest BCUT2D eigenvalue weighted by molar-refractivity contribution is 0.278. The van der Waals surface area contributed by atoms with Crippen molar-refractivity contribution in [3.63, 3.8) is 0 Å². The van der Waals surface area contributed by atoms with Crippen LogP contribution in [0.2, 0.25) is 0 Å². The van der Waals surface area contributed by atoms with Gasteiger partial charge in [-0.1, -0.05) is 18.2 Å². The molecule has 1 atom stereocenters. The maximum atomic E-state index is 5.93. The van der Waals surface area contributed by atoms with Crippen molar-refractivity contribution in [3.8, 4) is 5.75 Å². The van der Waals surface area contributed by atoms with Gasteiger partial charge in [-0.3, -0.25) is 0 Å². The molecule has 0 aliphatic carbocycles. The Bertz CT molecular complexity index is 534. The second-order valence-corrected chi connectivity index (χ2v) is 4.83. The zero-order chi connectivity index (χ0) is 13.8. The van der Waals surface area contributed by atoms with Crippen LogP contribution in [0.4, 0.5) is 0 Å².